The molecule has 0 bridgehead atoms. The molecule has 0 aliphatic carbocycles. The SMILES string of the molecule is O=C(C=C(O)c1ncn[nH]1)c1cc(F)c(Cc2ccncc2)o1. The van der Waals surface area contributed by atoms with Gasteiger partial charge in [-0.3, -0.25) is 14.9 Å². The van der Waals surface area contributed by atoms with Gasteiger partial charge in [-0.05, 0) is 17.7 Å². The van der Waals surface area contributed by atoms with Crippen LogP contribution in [0.15, 0.2) is 47.4 Å². The van der Waals surface area contributed by atoms with Gasteiger partial charge in [0.15, 0.2) is 23.2 Å². The highest BCUT2D eigenvalue weighted by molar-refractivity contribution is 6.05. The lowest BCUT2D eigenvalue weighted by Crippen LogP contribution is -1.96. The van der Waals surface area contributed by atoms with E-state index in [1.807, 2.05) is 0 Å². The van der Waals surface area contributed by atoms with Gasteiger partial charge in [0, 0.05) is 31.0 Å². The molecule has 7 nitrogen and oxygen atoms in total. The van der Waals surface area contributed by atoms with Gasteiger partial charge in [-0.25, -0.2) is 9.37 Å². The van der Waals surface area contributed by atoms with Crippen LogP contribution in [-0.4, -0.2) is 31.1 Å². The molecule has 0 unspecified atom stereocenters. The fourth-order valence-corrected chi connectivity index (χ4v) is 1.93. The number of carbonyl (C=O) groups excluding carboxylic acids is 1. The van der Waals surface area contributed by atoms with Crippen molar-refractivity contribution < 1.29 is 18.7 Å². The molecule has 0 atom stereocenters. The average Bonchev–Trinajstić information content (AvgIpc) is 3.19. The van der Waals surface area contributed by atoms with Crippen molar-refractivity contribution in [3.05, 3.63) is 71.7 Å². The number of hydrogen-bond donors (Lipinski definition) is 2. The van der Waals surface area contributed by atoms with Gasteiger partial charge in [0.25, 0.3) is 0 Å². The second kappa shape index (κ2) is 6.22. The van der Waals surface area contributed by atoms with E-state index in [9.17, 15) is 14.3 Å². The zero-order valence-corrected chi connectivity index (χ0v) is 11.7. The number of nitrogens with one attached hydrogen (secondary N) is 1. The van der Waals surface area contributed by atoms with Gasteiger partial charge < -0.3 is 9.52 Å². The maximum absolute atomic E-state index is 13.9. The van der Waals surface area contributed by atoms with Crippen molar-refractivity contribution in [2.75, 3.05) is 0 Å². The van der Waals surface area contributed by atoms with Crippen molar-refractivity contribution in [3.63, 3.8) is 0 Å². The van der Waals surface area contributed by atoms with Crippen molar-refractivity contribution in [1.29, 1.82) is 0 Å². The molecule has 0 spiro atoms. The third-order valence-electron chi connectivity index (χ3n) is 3.04. The largest absolute Gasteiger partial charge is 0.504 e. The Balaban J connectivity index is 1.80. The molecule has 0 aromatic carbocycles. The van der Waals surface area contributed by atoms with Crippen LogP contribution in [0.4, 0.5) is 4.39 Å². The summed E-state index contributed by atoms with van der Waals surface area (Å²) in [6.07, 6.45) is 5.43. The lowest BCUT2D eigenvalue weighted by atomic mass is 10.1. The lowest BCUT2D eigenvalue weighted by Gasteiger charge is -1.97. The number of hydrogen-bond acceptors (Lipinski definition) is 6. The summed E-state index contributed by atoms with van der Waals surface area (Å²) in [4.78, 5) is 19.6. The van der Waals surface area contributed by atoms with Crippen LogP contribution in [0, 0.1) is 5.82 Å². The maximum atomic E-state index is 13.9. The van der Waals surface area contributed by atoms with Gasteiger partial charge >= 0.3 is 0 Å². The molecule has 0 radical (unpaired) electrons. The smallest absolute Gasteiger partial charge is 0.224 e. The summed E-state index contributed by atoms with van der Waals surface area (Å²) in [5, 5.41) is 15.7. The number of aliphatic hydroxyl groups is 1. The van der Waals surface area contributed by atoms with Gasteiger partial charge in [0.1, 0.15) is 12.1 Å². The second-order valence-electron chi connectivity index (χ2n) is 4.64. The summed E-state index contributed by atoms with van der Waals surface area (Å²) in [6.45, 7) is 0. The van der Waals surface area contributed by atoms with E-state index < -0.39 is 17.4 Å². The van der Waals surface area contributed by atoms with Crippen molar-refractivity contribution >= 4 is 11.5 Å². The highest BCUT2D eigenvalue weighted by Crippen LogP contribution is 2.19. The zero-order valence-electron chi connectivity index (χ0n) is 11.7. The highest BCUT2D eigenvalue weighted by atomic mass is 19.1. The van der Waals surface area contributed by atoms with E-state index in [4.69, 9.17) is 4.42 Å². The Morgan fingerprint density at radius 1 is 1.39 bits per heavy atom. The van der Waals surface area contributed by atoms with Gasteiger partial charge in [0.05, 0.1) is 0 Å². The molecular weight excluding hydrogens is 303 g/mol. The third-order valence-corrected chi connectivity index (χ3v) is 3.04. The summed E-state index contributed by atoms with van der Waals surface area (Å²) < 4.78 is 19.1. The number of halogens is 1. The predicted octanol–water partition coefficient (Wildman–Crippen LogP) is 2.30. The van der Waals surface area contributed by atoms with Crippen LogP contribution in [-0.2, 0) is 6.42 Å². The number of furan rings is 1. The average molecular weight is 314 g/mol. The van der Waals surface area contributed by atoms with Gasteiger partial charge in [-0.2, -0.15) is 5.10 Å². The van der Waals surface area contributed by atoms with E-state index in [1.165, 1.54) is 6.33 Å². The maximum Gasteiger partial charge on any atom is 0.224 e. The number of nitrogens with zero attached hydrogens (tertiary/aromatic N) is 3. The molecule has 3 aromatic heterocycles. The van der Waals surface area contributed by atoms with Crippen LogP contribution in [0.25, 0.3) is 5.76 Å². The lowest BCUT2D eigenvalue weighted by molar-refractivity contribution is 0.101. The molecule has 0 saturated carbocycles. The first-order valence-electron chi connectivity index (χ1n) is 6.61. The first-order chi connectivity index (χ1) is 11.1. The zero-order chi connectivity index (χ0) is 16.2. The number of pyridine rings is 1. The number of aromatic amines is 1. The number of H-pyrrole nitrogens is 1. The molecule has 23 heavy (non-hydrogen) atoms. The predicted molar refractivity (Wildman–Crippen MR) is 77.0 cm³/mol. The van der Waals surface area contributed by atoms with Crippen LogP contribution in [0.1, 0.15) is 27.7 Å². The van der Waals surface area contributed by atoms with E-state index in [0.717, 1.165) is 17.7 Å². The number of carbonyl (C=O) groups is 1. The molecule has 0 saturated heterocycles. The van der Waals surface area contributed by atoms with Crippen molar-refractivity contribution in [2.45, 2.75) is 6.42 Å². The molecule has 3 rings (SSSR count). The second-order valence-corrected chi connectivity index (χ2v) is 4.64. The van der Waals surface area contributed by atoms with Crippen LogP contribution in [0.2, 0.25) is 0 Å². The van der Waals surface area contributed by atoms with E-state index >= 15 is 0 Å². The van der Waals surface area contributed by atoms with Gasteiger partial charge in [-0.1, -0.05) is 0 Å². The normalized spacial score (nSPS) is 11.6. The van der Waals surface area contributed by atoms with Crippen molar-refractivity contribution in [1.82, 2.24) is 20.2 Å². The van der Waals surface area contributed by atoms with Gasteiger partial charge in [-0.15, -0.1) is 0 Å². The molecule has 0 amide bonds. The fraction of sp³-hybridized carbons (Fsp3) is 0.0667. The van der Waals surface area contributed by atoms with Crippen LogP contribution in [0.3, 0.4) is 0 Å². The monoisotopic (exact) mass is 314 g/mol. The van der Waals surface area contributed by atoms with Crippen LogP contribution < -0.4 is 0 Å². The quantitative estimate of drug-likeness (QED) is 0.425. The Hall–Kier alpha value is -3.29. The van der Waals surface area contributed by atoms with Crippen molar-refractivity contribution in [2.24, 2.45) is 0 Å². The Morgan fingerprint density at radius 3 is 2.87 bits per heavy atom. The molecule has 116 valence electrons. The number of allylic oxidation sites excluding steroid dienone is 1. The third kappa shape index (κ3) is 3.31. The van der Waals surface area contributed by atoms with E-state index in [-0.39, 0.29) is 23.8 Å². The first kappa shape index (κ1) is 14.6. The topological polar surface area (TPSA) is 105 Å². The Kier molecular flexibility index (Phi) is 3.96. The highest BCUT2D eigenvalue weighted by Gasteiger charge is 2.17. The van der Waals surface area contributed by atoms with E-state index in [2.05, 4.69) is 20.2 Å². The molecule has 0 aliphatic heterocycles. The molecule has 3 aromatic rings. The van der Waals surface area contributed by atoms with E-state index in [1.54, 1.807) is 24.5 Å². The minimum atomic E-state index is -0.682. The fourth-order valence-electron chi connectivity index (χ4n) is 1.93. The first-order valence-corrected chi connectivity index (χ1v) is 6.61. The summed E-state index contributed by atoms with van der Waals surface area (Å²) in [7, 11) is 0. The molecule has 0 fully saturated rings. The summed E-state index contributed by atoms with van der Waals surface area (Å²) in [6, 6.07) is 4.43. The minimum absolute atomic E-state index is 0.0300. The number of aliphatic hydroxyl groups excluding tert-OH is 1. The number of ketones is 1. The molecular formula is C15H11FN4O3. The summed E-state index contributed by atoms with van der Waals surface area (Å²) in [5.74, 6) is -1.87. The molecule has 3 heterocycles. The van der Waals surface area contributed by atoms with Crippen molar-refractivity contribution in [3.8, 4) is 0 Å². The summed E-state index contributed by atoms with van der Waals surface area (Å²) >= 11 is 0. The van der Waals surface area contributed by atoms with Crippen LogP contribution in [0.5, 0.6) is 0 Å². The number of aromatic nitrogens is 4. The van der Waals surface area contributed by atoms with Gasteiger partial charge in [0.2, 0.25) is 5.78 Å². The molecule has 8 heteroatoms. The Labute approximate surface area is 129 Å². The van der Waals surface area contributed by atoms with Crippen LogP contribution >= 0.6 is 0 Å². The minimum Gasteiger partial charge on any atom is -0.504 e. The standard InChI is InChI=1S/C15H11FN4O3/c16-10-6-14(11(21)7-12(22)15-18-8-19-20-15)23-13(10)5-9-1-3-17-4-2-9/h1-4,6-8,22H,5H2,(H,18,19,20). The number of rotatable bonds is 5. The molecule has 0 aliphatic rings. The Morgan fingerprint density at radius 2 is 2.17 bits per heavy atom. The molecule has 2 N–H and O–H groups in total. The van der Waals surface area contributed by atoms with E-state index in [0.29, 0.717) is 0 Å². The Bertz CT molecular complexity index is 841. The summed E-state index contributed by atoms with van der Waals surface area (Å²) in [5.41, 5.74) is 0.798.